The Morgan fingerprint density at radius 3 is 2.84 bits per heavy atom. The smallest absolute Gasteiger partial charge is 0.374 e. The van der Waals surface area contributed by atoms with E-state index in [1.807, 2.05) is 0 Å². The number of esters is 1. The quantitative estimate of drug-likeness (QED) is 0.873. The highest BCUT2D eigenvalue weighted by molar-refractivity contribution is 6.31. The third-order valence-electron chi connectivity index (χ3n) is 2.67. The molecule has 100 valence electrons. The molecular formula is C13H12ClNO4. The first kappa shape index (κ1) is 13.4. The number of fused-ring (bicyclic) bond motifs is 1. The molecule has 0 bridgehead atoms. The highest BCUT2D eigenvalue weighted by Crippen LogP contribution is 2.28. The number of carbonyl (C=O) groups is 2. The van der Waals surface area contributed by atoms with Gasteiger partial charge in [-0.25, -0.2) is 4.79 Å². The van der Waals surface area contributed by atoms with Crippen molar-refractivity contribution in [2.75, 3.05) is 6.61 Å². The van der Waals surface area contributed by atoms with Crippen LogP contribution >= 0.6 is 11.6 Å². The first-order chi connectivity index (χ1) is 8.99. The molecule has 0 saturated carbocycles. The number of hydrogen-bond acceptors (Lipinski definition) is 4. The van der Waals surface area contributed by atoms with E-state index in [0.717, 1.165) is 5.39 Å². The molecule has 1 heterocycles. The molecule has 0 unspecified atom stereocenters. The van der Waals surface area contributed by atoms with Gasteiger partial charge in [0.15, 0.2) is 0 Å². The van der Waals surface area contributed by atoms with Crippen LogP contribution < -0.4 is 5.73 Å². The number of halogens is 1. The highest BCUT2D eigenvalue weighted by Gasteiger charge is 2.19. The second kappa shape index (κ2) is 5.32. The van der Waals surface area contributed by atoms with Crippen LogP contribution in [0.5, 0.6) is 0 Å². The number of ether oxygens (including phenoxy) is 1. The van der Waals surface area contributed by atoms with E-state index in [0.29, 0.717) is 16.2 Å². The van der Waals surface area contributed by atoms with Crippen LogP contribution in [-0.4, -0.2) is 18.5 Å². The van der Waals surface area contributed by atoms with Crippen molar-refractivity contribution in [1.29, 1.82) is 0 Å². The summed E-state index contributed by atoms with van der Waals surface area (Å²) in [5.74, 6) is -1.03. The van der Waals surface area contributed by atoms with Crippen LogP contribution in [0.2, 0.25) is 5.02 Å². The summed E-state index contributed by atoms with van der Waals surface area (Å²) in [5, 5.41) is 1.32. The minimum absolute atomic E-state index is 0.0170. The van der Waals surface area contributed by atoms with Gasteiger partial charge < -0.3 is 14.9 Å². The number of carbonyl (C=O) groups excluding carboxylic acids is 2. The lowest BCUT2D eigenvalue weighted by molar-refractivity contribution is -0.118. The molecule has 0 aliphatic carbocycles. The van der Waals surface area contributed by atoms with Gasteiger partial charge in [-0.3, -0.25) is 4.79 Å². The van der Waals surface area contributed by atoms with Crippen molar-refractivity contribution < 1.29 is 18.7 Å². The largest absolute Gasteiger partial charge is 0.459 e. The van der Waals surface area contributed by atoms with Gasteiger partial charge in [-0.2, -0.15) is 0 Å². The van der Waals surface area contributed by atoms with Crippen LogP contribution in [0, 0.1) is 6.92 Å². The van der Waals surface area contributed by atoms with E-state index in [9.17, 15) is 9.59 Å². The Hall–Kier alpha value is -2.01. The maximum Gasteiger partial charge on any atom is 0.374 e. The van der Waals surface area contributed by atoms with Crippen LogP contribution in [0.25, 0.3) is 11.0 Å². The average molecular weight is 282 g/mol. The molecular weight excluding hydrogens is 270 g/mol. The summed E-state index contributed by atoms with van der Waals surface area (Å²) in [6, 6.07) is 5.08. The molecule has 5 nitrogen and oxygen atoms in total. The topological polar surface area (TPSA) is 82.5 Å². The first-order valence-electron chi connectivity index (χ1n) is 5.63. The van der Waals surface area contributed by atoms with Gasteiger partial charge in [-0.05, 0) is 25.1 Å². The molecule has 2 rings (SSSR count). The van der Waals surface area contributed by atoms with E-state index in [1.165, 1.54) is 0 Å². The molecule has 0 aliphatic rings. The standard InChI is InChI=1S/C13H12ClNO4/c1-7-9-6-8(14)2-3-10(9)19-12(7)13(17)18-5-4-11(15)16/h2-3,6H,4-5H2,1H3,(H2,15,16). The summed E-state index contributed by atoms with van der Waals surface area (Å²) < 4.78 is 10.3. The molecule has 0 aliphatic heterocycles. The molecule has 6 heteroatoms. The van der Waals surface area contributed by atoms with Crippen LogP contribution in [0.3, 0.4) is 0 Å². The Balaban J connectivity index is 2.22. The Morgan fingerprint density at radius 2 is 2.16 bits per heavy atom. The van der Waals surface area contributed by atoms with Gasteiger partial charge in [0.05, 0.1) is 6.42 Å². The summed E-state index contributed by atoms with van der Waals surface area (Å²) >= 11 is 5.89. The Kier molecular flexibility index (Phi) is 3.76. The second-order valence-corrected chi connectivity index (χ2v) is 4.49. The number of benzene rings is 1. The van der Waals surface area contributed by atoms with Gasteiger partial charge in [0, 0.05) is 16.0 Å². The van der Waals surface area contributed by atoms with Crippen LogP contribution in [0.4, 0.5) is 0 Å². The number of nitrogens with two attached hydrogens (primary N) is 1. The third kappa shape index (κ3) is 2.88. The average Bonchev–Trinajstić information content (AvgIpc) is 2.66. The lowest BCUT2D eigenvalue weighted by atomic mass is 10.1. The minimum Gasteiger partial charge on any atom is -0.459 e. The Labute approximate surface area is 114 Å². The number of aryl methyl sites for hydroxylation is 1. The fraction of sp³-hybridized carbons (Fsp3) is 0.231. The van der Waals surface area contributed by atoms with E-state index >= 15 is 0 Å². The van der Waals surface area contributed by atoms with Crippen molar-refractivity contribution >= 4 is 34.4 Å². The van der Waals surface area contributed by atoms with Crippen molar-refractivity contribution in [3.8, 4) is 0 Å². The van der Waals surface area contributed by atoms with E-state index < -0.39 is 11.9 Å². The Bertz CT molecular complexity index is 647. The zero-order valence-electron chi connectivity index (χ0n) is 10.2. The van der Waals surface area contributed by atoms with Crippen molar-refractivity contribution in [2.45, 2.75) is 13.3 Å². The van der Waals surface area contributed by atoms with Gasteiger partial charge in [0.25, 0.3) is 0 Å². The molecule has 1 aromatic heterocycles. The number of amides is 1. The summed E-state index contributed by atoms with van der Waals surface area (Å²) in [6.45, 7) is 1.68. The monoisotopic (exact) mass is 281 g/mol. The molecule has 1 aromatic carbocycles. The molecule has 1 amide bonds. The van der Waals surface area contributed by atoms with Gasteiger partial charge in [0.1, 0.15) is 12.2 Å². The fourth-order valence-electron chi connectivity index (χ4n) is 1.70. The summed E-state index contributed by atoms with van der Waals surface area (Å²) in [7, 11) is 0. The van der Waals surface area contributed by atoms with Crippen LogP contribution in [0.15, 0.2) is 22.6 Å². The minimum atomic E-state index is -0.619. The van der Waals surface area contributed by atoms with Crippen molar-refractivity contribution in [3.63, 3.8) is 0 Å². The van der Waals surface area contributed by atoms with Crippen molar-refractivity contribution in [2.24, 2.45) is 5.73 Å². The number of primary amides is 1. The van der Waals surface area contributed by atoms with Crippen molar-refractivity contribution in [3.05, 3.63) is 34.5 Å². The molecule has 2 N–H and O–H groups in total. The predicted molar refractivity (Wildman–Crippen MR) is 70.1 cm³/mol. The van der Waals surface area contributed by atoms with Crippen LogP contribution in [-0.2, 0) is 9.53 Å². The number of furan rings is 1. The maximum atomic E-state index is 11.8. The zero-order chi connectivity index (χ0) is 14.0. The van der Waals surface area contributed by atoms with E-state index in [1.54, 1.807) is 25.1 Å². The molecule has 0 saturated heterocycles. The zero-order valence-corrected chi connectivity index (χ0v) is 11.0. The lowest BCUT2D eigenvalue weighted by Gasteiger charge is -2.01. The van der Waals surface area contributed by atoms with Gasteiger partial charge in [0.2, 0.25) is 11.7 Å². The fourth-order valence-corrected chi connectivity index (χ4v) is 1.87. The van der Waals surface area contributed by atoms with E-state index in [-0.39, 0.29) is 18.8 Å². The Morgan fingerprint density at radius 1 is 1.42 bits per heavy atom. The number of hydrogen-bond donors (Lipinski definition) is 1. The predicted octanol–water partition coefficient (Wildman–Crippen LogP) is 2.43. The highest BCUT2D eigenvalue weighted by atomic mass is 35.5. The normalized spacial score (nSPS) is 10.6. The van der Waals surface area contributed by atoms with Crippen LogP contribution in [0.1, 0.15) is 22.5 Å². The summed E-state index contributed by atoms with van der Waals surface area (Å²) in [6.07, 6.45) is -0.0170. The summed E-state index contributed by atoms with van der Waals surface area (Å²) in [5.41, 5.74) is 6.17. The second-order valence-electron chi connectivity index (χ2n) is 4.05. The van der Waals surface area contributed by atoms with Crippen molar-refractivity contribution in [1.82, 2.24) is 0 Å². The third-order valence-corrected chi connectivity index (χ3v) is 2.90. The lowest BCUT2D eigenvalue weighted by Crippen LogP contribution is -2.15. The molecule has 19 heavy (non-hydrogen) atoms. The van der Waals surface area contributed by atoms with E-state index in [2.05, 4.69) is 0 Å². The molecule has 0 fully saturated rings. The maximum absolute atomic E-state index is 11.8. The van der Waals surface area contributed by atoms with Gasteiger partial charge in [-0.15, -0.1) is 0 Å². The van der Waals surface area contributed by atoms with Gasteiger partial charge >= 0.3 is 5.97 Å². The molecule has 2 aromatic rings. The SMILES string of the molecule is Cc1c(C(=O)OCCC(N)=O)oc2ccc(Cl)cc12. The molecule has 0 atom stereocenters. The molecule has 0 spiro atoms. The van der Waals surface area contributed by atoms with Gasteiger partial charge in [-0.1, -0.05) is 11.6 Å². The van der Waals surface area contributed by atoms with E-state index in [4.69, 9.17) is 26.5 Å². The summed E-state index contributed by atoms with van der Waals surface area (Å²) in [4.78, 5) is 22.4. The molecule has 0 radical (unpaired) electrons. The number of rotatable bonds is 4. The first-order valence-corrected chi connectivity index (χ1v) is 6.01.